The monoisotopic (exact) mass is 415 g/mol. The molecule has 0 fully saturated rings. The molecule has 4 rings (SSSR count). The first-order chi connectivity index (χ1) is 14.4. The van der Waals surface area contributed by atoms with Crippen LogP contribution in [0.5, 0.6) is 17.2 Å². The van der Waals surface area contributed by atoms with E-state index in [-0.39, 0.29) is 5.75 Å². The molecule has 1 aliphatic rings. The van der Waals surface area contributed by atoms with Crippen LogP contribution < -0.4 is 9.47 Å². The molecule has 0 aliphatic carbocycles. The fourth-order valence-corrected chi connectivity index (χ4v) is 2.86. The summed E-state index contributed by atoms with van der Waals surface area (Å²) in [7, 11) is 0. The van der Waals surface area contributed by atoms with Crippen LogP contribution in [0.1, 0.15) is 29.2 Å². The van der Waals surface area contributed by atoms with Crippen LogP contribution in [0.2, 0.25) is 0 Å². The molecule has 0 saturated carbocycles. The summed E-state index contributed by atoms with van der Waals surface area (Å²) in [6.45, 7) is 1.81. The Morgan fingerprint density at radius 3 is 2.57 bits per heavy atom. The van der Waals surface area contributed by atoms with E-state index in [1.54, 1.807) is 6.07 Å². The lowest BCUT2D eigenvalue weighted by molar-refractivity contribution is -0.137. The Bertz CT molecular complexity index is 1070. The maximum atomic E-state index is 12.9. The third kappa shape index (κ3) is 4.51. The summed E-state index contributed by atoms with van der Waals surface area (Å²) in [5, 5.41) is 3.94. The highest BCUT2D eigenvalue weighted by molar-refractivity contribution is 5.79. The molecule has 0 saturated heterocycles. The van der Waals surface area contributed by atoms with Crippen LogP contribution in [-0.2, 0) is 11.0 Å². The van der Waals surface area contributed by atoms with E-state index in [1.165, 1.54) is 30.9 Å². The Hall–Kier alpha value is -3.62. The van der Waals surface area contributed by atoms with Gasteiger partial charge in [0.25, 0.3) is 0 Å². The van der Waals surface area contributed by atoms with Gasteiger partial charge in [0.05, 0.1) is 24.4 Å². The average Bonchev–Trinajstić information content (AvgIpc) is 3.18. The maximum Gasteiger partial charge on any atom is 0.416 e. The van der Waals surface area contributed by atoms with Gasteiger partial charge in [-0.05, 0) is 42.3 Å². The van der Waals surface area contributed by atoms with E-state index in [1.807, 2.05) is 19.1 Å². The van der Waals surface area contributed by atoms with Crippen molar-refractivity contribution in [2.24, 2.45) is 5.16 Å². The van der Waals surface area contributed by atoms with Crippen molar-refractivity contribution in [2.45, 2.75) is 25.6 Å². The fraction of sp³-hybridized carbons (Fsp3) is 0.190. The highest BCUT2D eigenvalue weighted by atomic mass is 19.4. The van der Waals surface area contributed by atoms with Crippen LogP contribution in [0.25, 0.3) is 0 Å². The fourth-order valence-electron chi connectivity index (χ4n) is 2.86. The summed E-state index contributed by atoms with van der Waals surface area (Å²) in [5.74, 6) is 1.34. The van der Waals surface area contributed by atoms with Crippen molar-refractivity contribution in [2.75, 3.05) is 0 Å². The third-order valence-corrected chi connectivity index (χ3v) is 4.39. The van der Waals surface area contributed by atoms with Gasteiger partial charge in [-0.3, -0.25) is 0 Å². The standard InChI is InChI=1S/C21H16F3N3O3/c1-13-5-6-14(19-9-20(27-30-19)29-17-10-25-12-26-11-17)7-18(13)28-16-4-2-3-15(8-16)21(22,23)24/h2-8,10-12,19H,9H2,1H3/t19-/m0/s1. The van der Waals surface area contributed by atoms with Gasteiger partial charge in [-0.25, -0.2) is 9.97 Å². The smallest absolute Gasteiger partial charge is 0.416 e. The molecule has 9 heteroatoms. The van der Waals surface area contributed by atoms with E-state index in [2.05, 4.69) is 15.1 Å². The molecule has 0 bridgehead atoms. The molecule has 0 spiro atoms. The van der Waals surface area contributed by atoms with E-state index in [4.69, 9.17) is 14.3 Å². The van der Waals surface area contributed by atoms with E-state index < -0.39 is 17.8 Å². The minimum atomic E-state index is -4.44. The van der Waals surface area contributed by atoms with E-state index in [0.29, 0.717) is 23.8 Å². The second-order valence-corrected chi connectivity index (χ2v) is 6.61. The quantitative estimate of drug-likeness (QED) is 0.567. The number of rotatable bonds is 4. The normalized spacial score (nSPS) is 16.0. The number of hydrogen-bond acceptors (Lipinski definition) is 6. The van der Waals surface area contributed by atoms with Crippen LogP contribution in [-0.4, -0.2) is 15.9 Å². The van der Waals surface area contributed by atoms with Gasteiger partial charge in [-0.15, -0.1) is 0 Å². The molecule has 0 unspecified atom stereocenters. The van der Waals surface area contributed by atoms with E-state index in [9.17, 15) is 13.2 Å². The average molecular weight is 415 g/mol. The van der Waals surface area contributed by atoms with Crippen molar-refractivity contribution in [1.29, 1.82) is 0 Å². The summed E-state index contributed by atoms with van der Waals surface area (Å²) < 4.78 is 50.1. The predicted molar refractivity (Wildman–Crippen MR) is 101 cm³/mol. The number of oxime groups is 1. The third-order valence-electron chi connectivity index (χ3n) is 4.39. The van der Waals surface area contributed by atoms with Gasteiger partial charge in [0.1, 0.15) is 17.8 Å². The van der Waals surface area contributed by atoms with Crippen LogP contribution in [0.15, 0.2) is 66.3 Å². The molecule has 30 heavy (non-hydrogen) atoms. The summed E-state index contributed by atoms with van der Waals surface area (Å²) in [4.78, 5) is 13.2. The summed E-state index contributed by atoms with van der Waals surface area (Å²) in [6.07, 6.45) is -0.0623. The SMILES string of the molecule is Cc1ccc([C@@H]2CC(Oc3cncnc3)=NO2)cc1Oc1cccc(C(F)(F)F)c1. The minimum Gasteiger partial charge on any atom is -0.457 e. The second-order valence-electron chi connectivity index (χ2n) is 6.61. The zero-order valence-electron chi connectivity index (χ0n) is 15.8. The van der Waals surface area contributed by atoms with Crippen molar-refractivity contribution in [1.82, 2.24) is 9.97 Å². The molecule has 6 nitrogen and oxygen atoms in total. The zero-order valence-corrected chi connectivity index (χ0v) is 15.8. The van der Waals surface area contributed by atoms with Gasteiger partial charge in [0, 0.05) is 0 Å². The van der Waals surface area contributed by atoms with Crippen molar-refractivity contribution >= 4 is 5.90 Å². The molecule has 2 heterocycles. The number of nitrogens with zero attached hydrogens (tertiary/aromatic N) is 3. The van der Waals surface area contributed by atoms with Gasteiger partial charge < -0.3 is 14.3 Å². The zero-order chi connectivity index (χ0) is 21.1. The maximum absolute atomic E-state index is 12.9. The van der Waals surface area contributed by atoms with Crippen LogP contribution in [0.3, 0.4) is 0 Å². The number of alkyl halides is 3. The lowest BCUT2D eigenvalue weighted by Gasteiger charge is -2.14. The summed E-state index contributed by atoms with van der Waals surface area (Å²) in [6, 6.07) is 10.1. The molecular weight excluding hydrogens is 399 g/mol. The Morgan fingerprint density at radius 1 is 1.00 bits per heavy atom. The molecule has 1 aromatic heterocycles. The molecule has 1 aliphatic heterocycles. The Kier molecular flexibility index (Phi) is 5.26. The molecule has 1 atom stereocenters. The van der Waals surface area contributed by atoms with E-state index in [0.717, 1.165) is 23.3 Å². The Labute approximate surface area is 169 Å². The highest BCUT2D eigenvalue weighted by Crippen LogP contribution is 2.36. The number of halogens is 3. The van der Waals surface area contributed by atoms with Crippen LogP contribution in [0.4, 0.5) is 13.2 Å². The predicted octanol–water partition coefficient (Wildman–Crippen LogP) is 5.45. The molecular formula is C21H16F3N3O3. The topological polar surface area (TPSA) is 65.8 Å². The second kappa shape index (κ2) is 8.02. The summed E-state index contributed by atoms with van der Waals surface area (Å²) >= 11 is 0. The van der Waals surface area contributed by atoms with Gasteiger partial charge >= 0.3 is 6.18 Å². The Balaban J connectivity index is 1.48. The van der Waals surface area contributed by atoms with Crippen molar-refractivity contribution in [3.05, 3.63) is 77.9 Å². The number of hydrogen-bond donors (Lipinski definition) is 0. The summed E-state index contributed by atoms with van der Waals surface area (Å²) in [5.41, 5.74) is 0.759. The van der Waals surface area contributed by atoms with Gasteiger partial charge in [0.15, 0.2) is 11.9 Å². The molecule has 2 aromatic carbocycles. The molecule has 3 aromatic rings. The van der Waals surface area contributed by atoms with Crippen molar-refractivity contribution in [3.63, 3.8) is 0 Å². The van der Waals surface area contributed by atoms with Crippen molar-refractivity contribution < 1.29 is 27.5 Å². The van der Waals surface area contributed by atoms with Gasteiger partial charge in [0.2, 0.25) is 5.90 Å². The minimum absolute atomic E-state index is 0.0989. The highest BCUT2D eigenvalue weighted by Gasteiger charge is 2.31. The van der Waals surface area contributed by atoms with Crippen LogP contribution >= 0.6 is 0 Å². The first-order valence-corrected chi connectivity index (χ1v) is 9.00. The lowest BCUT2D eigenvalue weighted by Crippen LogP contribution is -2.08. The molecule has 0 radical (unpaired) electrons. The van der Waals surface area contributed by atoms with Gasteiger partial charge in [-0.2, -0.15) is 13.2 Å². The first-order valence-electron chi connectivity index (χ1n) is 9.00. The molecule has 0 amide bonds. The van der Waals surface area contributed by atoms with Crippen molar-refractivity contribution in [3.8, 4) is 17.2 Å². The Morgan fingerprint density at radius 2 is 1.80 bits per heavy atom. The van der Waals surface area contributed by atoms with Gasteiger partial charge in [-0.1, -0.05) is 23.4 Å². The number of ether oxygens (including phenoxy) is 2. The van der Waals surface area contributed by atoms with E-state index >= 15 is 0 Å². The largest absolute Gasteiger partial charge is 0.457 e. The first kappa shape index (κ1) is 19.7. The molecule has 154 valence electrons. The number of aryl methyl sites for hydroxylation is 1. The van der Waals surface area contributed by atoms with Crippen LogP contribution in [0, 0.1) is 6.92 Å². The molecule has 0 N–H and O–H groups in total. The number of aromatic nitrogens is 2. The lowest BCUT2D eigenvalue weighted by atomic mass is 10.0. The number of benzene rings is 2.